The summed E-state index contributed by atoms with van der Waals surface area (Å²) in [7, 11) is 0. The number of rotatable bonds is 7. The minimum absolute atomic E-state index is 0.495. The standard InChI is InChI=1S/C15H23NOS/c1-2-3-9-17-10-8-16-15-12-18-11-13-6-4-5-7-14(13)15/h4-7,15-16H,2-3,8-12H2,1H3. The normalized spacial score (nSPS) is 18.6. The van der Waals surface area contributed by atoms with Gasteiger partial charge >= 0.3 is 0 Å². The van der Waals surface area contributed by atoms with Crippen molar-refractivity contribution in [2.24, 2.45) is 0 Å². The molecule has 0 radical (unpaired) electrons. The summed E-state index contributed by atoms with van der Waals surface area (Å²) in [5.41, 5.74) is 2.96. The van der Waals surface area contributed by atoms with E-state index in [4.69, 9.17) is 4.74 Å². The molecule has 1 atom stereocenters. The molecule has 2 nitrogen and oxygen atoms in total. The molecule has 0 aliphatic carbocycles. The van der Waals surface area contributed by atoms with Crippen LogP contribution in [0.15, 0.2) is 24.3 Å². The summed E-state index contributed by atoms with van der Waals surface area (Å²) in [6, 6.07) is 9.27. The van der Waals surface area contributed by atoms with E-state index in [0.717, 1.165) is 25.5 Å². The van der Waals surface area contributed by atoms with Crippen molar-refractivity contribution in [3.05, 3.63) is 35.4 Å². The van der Waals surface area contributed by atoms with Crippen LogP contribution in [0.2, 0.25) is 0 Å². The van der Waals surface area contributed by atoms with Crippen LogP contribution in [0.25, 0.3) is 0 Å². The van der Waals surface area contributed by atoms with Gasteiger partial charge in [-0.1, -0.05) is 37.6 Å². The highest BCUT2D eigenvalue weighted by Gasteiger charge is 2.18. The highest BCUT2D eigenvalue weighted by Crippen LogP contribution is 2.31. The van der Waals surface area contributed by atoms with Gasteiger partial charge in [0.1, 0.15) is 0 Å². The predicted molar refractivity (Wildman–Crippen MR) is 79.1 cm³/mol. The van der Waals surface area contributed by atoms with Gasteiger partial charge in [-0.15, -0.1) is 0 Å². The number of hydrogen-bond acceptors (Lipinski definition) is 3. The molecule has 2 rings (SSSR count). The van der Waals surface area contributed by atoms with Crippen molar-refractivity contribution >= 4 is 11.8 Å². The Morgan fingerprint density at radius 3 is 3.11 bits per heavy atom. The number of fused-ring (bicyclic) bond motifs is 1. The van der Waals surface area contributed by atoms with E-state index in [1.54, 1.807) is 0 Å². The third-order valence-corrected chi connectivity index (χ3v) is 4.34. The Balaban J connectivity index is 1.74. The highest BCUT2D eigenvalue weighted by atomic mass is 32.2. The summed E-state index contributed by atoms with van der Waals surface area (Å²) in [5.74, 6) is 2.33. The average molecular weight is 265 g/mol. The largest absolute Gasteiger partial charge is 0.380 e. The van der Waals surface area contributed by atoms with Crippen molar-refractivity contribution in [1.29, 1.82) is 0 Å². The first-order valence-electron chi connectivity index (χ1n) is 6.88. The maximum atomic E-state index is 5.58. The third kappa shape index (κ3) is 4.01. The molecule has 1 aliphatic rings. The molecule has 1 aromatic rings. The Kier molecular flexibility index (Phi) is 6.05. The van der Waals surface area contributed by atoms with Crippen molar-refractivity contribution in [1.82, 2.24) is 5.32 Å². The van der Waals surface area contributed by atoms with Gasteiger partial charge in [0.05, 0.1) is 6.61 Å². The molecule has 1 unspecified atom stereocenters. The van der Waals surface area contributed by atoms with Gasteiger partial charge in [-0.3, -0.25) is 0 Å². The van der Waals surface area contributed by atoms with Crippen LogP contribution in [0.5, 0.6) is 0 Å². The molecule has 0 amide bonds. The molecule has 0 fully saturated rings. The van der Waals surface area contributed by atoms with Gasteiger partial charge in [-0.25, -0.2) is 0 Å². The Labute approximate surface area is 114 Å². The second-order valence-electron chi connectivity index (χ2n) is 4.69. The van der Waals surface area contributed by atoms with Crippen molar-refractivity contribution in [2.75, 3.05) is 25.5 Å². The monoisotopic (exact) mass is 265 g/mol. The quantitative estimate of drug-likeness (QED) is 0.764. The van der Waals surface area contributed by atoms with E-state index >= 15 is 0 Å². The second kappa shape index (κ2) is 7.82. The summed E-state index contributed by atoms with van der Waals surface area (Å²) in [6.45, 7) is 4.86. The molecule has 1 aromatic carbocycles. The Hall–Kier alpha value is -0.510. The summed E-state index contributed by atoms with van der Waals surface area (Å²) < 4.78 is 5.58. The molecule has 1 heterocycles. The first kappa shape index (κ1) is 13.9. The van der Waals surface area contributed by atoms with Gasteiger partial charge in [0, 0.05) is 30.7 Å². The smallest absolute Gasteiger partial charge is 0.0591 e. The topological polar surface area (TPSA) is 21.3 Å². The molecule has 100 valence electrons. The SMILES string of the molecule is CCCCOCCNC1CSCc2ccccc21. The molecular weight excluding hydrogens is 242 g/mol. The first-order valence-corrected chi connectivity index (χ1v) is 8.04. The molecule has 3 heteroatoms. The minimum atomic E-state index is 0.495. The lowest BCUT2D eigenvalue weighted by Gasteiger charge is -2.26. The average Bonchev–Trinajstić information content (AvgIpc) is 2.43. The number of benzene rings is 1. The van der Waals surface area contributed by atoms with Gasteiger partial charge < -0.3 is 10.1 Å². The van der Waals surface area contributed by atoms with Crippen LogP contribution in [0.3, 0.4) is 0 Å². The van der Waals surface area contributed by atoms with Crippen LogP contribution in [0, 0.1) is 0 Å². The summed E-state index contributed by atoms with van der Waals surface area (Å²) in [6.07, 6.45) is 2.38. The van der Waals surface area contributed by atoms with E-state index in [9.17, 15) is 0 Å². The van der Waals surface area contributed by atoms with E-state index in [2.05, 4.69) is 36.5 Å². The van der Waals surface area contributed by atoms with Gasteiger partial charge in [0.15, 0.2) is 0 Å². The molecule has 0 saturated heterocycles. The van der Waals surface area contributed by atoms with E-state index in [1.807, 2.05) is 11.8 Å². The van der Waals surface area contributed by atoms with Crippen LogP contribution in [-0.4, -0.2) is 25.5 Å². The fourth-order valence-electron chi connectivity index (χ4n) is 2.20. The lowest BCUT2D eigenvalue weighted by molar-refractivity contribution is 0.131. The Morgan fingerprint density at radius 1 is 1.33 bits per heavy atom. The van der Waals surface area contributed by atoms with Crippen molar-refractivity contribution in [2.45, 2.75) is 31.6 Å². The Bertz CT molecular complexity index is 356. The van der Waals surface area contributed by atoms with Crippen LogP contribution < -0.4 is 5.32 Å². The number of hydrogen-bond donors (Lipinski definition) is 1. The van der Waals surface area contributed by atoms with Crippen LogP contribution in [0.4, 0.5) is 0 Å². The maximum absolute atomic E-state index is 5.58. The van der Waals surface area contributed by atoms with Gasteiger partial charge in [0.2, 0.25) is 0 Å². The molecule has 18 heavy (non-hydrogen) atoms. The van der Waals surface area contributed by atoms with Crippen molar-refractivity contribution < 1.29 is 4.74 Å². The van der Waals surface area contributed by atoms with Crippen LogP contribution in [-0.2, 0) is 10.5 Å². The molecule has 0 bridgehead atoms. The Morgan fingerprint density at radius 2 is 2.22 bits per heavy atom. The molecular formula is C15H23NOS. The van der Waals surface area contributed by atoms with E-state index in [1.165, 1.54) is 29.7 Å². The number of thioether (sulfide) groups is 1. The minimum Gasteiger partial charge on any atom is -0.380 e. The van der Waals surface area contributed by atoms with E-state index < -0.39 is 0 Å². The van der Waals surface area contributed by atoms with E-state index in [-0.39, 0.29) is 0 Å². The van der Waals surface area contributed by atoms with Gasteiger partial charge in [0.25, 0.3) is 0 Å². The van der Waals surface area contributed by atoms with Crippen molar-refractivity contribution in [3.8, 4) is 0 Å². The molecule has 0 saturated carbocycles. The summed E-state index contributed by atoms with van der Waals surface area (Å²) in [4.78, 5) is 0. The van der Waals surface area contributed by atoms with Crippen molar-refractivity contribution in [3.63, 3.8) is 0 Å². The highest BCUT2D eigenvalue weighted by molar-refractivity contribution is 7.98. The predicted octanol–water partition coefficient (Wildman–Crippen LogP) is 3.38. The fourth-order valence-corrected chi connectivity index (χ4v) is 3.34. The molecule has 0 aromatic heterocycles. The fraction of sp³-hybridized carbons (Fsp3) is 0.600. The van der Waals surface area contributed by atoms with Crippen LogP contribution in [0.1, 0.15) is 36.9 Å². The number of nitrogens with one attached hydrogen (secondary N) is 1. The van der Waals surface area contributed by atoms with Crippen LogP contribution >= 0.6 is 11.8 Å². The van der Waals surface area contributed by atoms with E-state index in [0.29, 0.717) is 6.04 Å². The van der Waals surface area contributed by atoms with Gasteiger partial charge in [-0.2, -0.15) is 11.8 Å². The zero-order valence-corrected chi connectivity index (χ0v) is 12.0. The molecule has 1 N–H and O–H groups in total. The summed E-state index contributed by atoms with van der Waals surface area (Å²) in [5, 5.41) is 3.61. The number of ether oxygens (including phenoxy) is 1. The van der Waals surface area contributed by atoms with Gasteiger partial charge in [-0.05, 0) is 17.5 Å². The maximum Gasteiger partial charge on any atom is 0.0591 e. The zero-order chi connectivity index (χ0) is 12.6. The first-order chi connectivity index (χ1) is 8.92. The molecule has 1 aliphatic heterocycles. The zero-order valence-electron chi connectivity index (χ0n) is 11.2. The summed E-state index contributed by atoms with van der Waals surface area (Å²) >= 11 is 2.01. The third-order valence-electron chi connectivity index (χ3n) is 3.25. The lowest BCUT2D eigenvalue weighted by Crippen LogP contribution is -2.29. The number of unbranched alkanes of at least 4 members (excludes halogenated alkanes) is 1. The molecule has 0 spiro atoms. The second-order valence-corrected chi connectivity index (χ2v) is 5.72. The lowest BCUT2D eigenvalue weighted by atomic mass is 10.0.